The van der Waals surface area contributed by atoms with Crippen molar-refractivity contribution in [3.05, 3.63) is 34.1 Å². The van der Waals surface area contributed by atoms with Crippen LogP contribution < -0.4 is 4.74 Å². The van der Waals surface area contributed by atoms with Gasteiger partial charge in [-0.2, -0.15) is 4.39 Å². The Balaban J connectivity index is 2.62. The van der Waals surface area contributed by atoms with Crippen LogP contribution in [-0.2, 0) is 9.47 Å². The average molecular weight is 273 g/mol. The number of nitro groups is 1. The topological polar surface area (TPSA) is 70.8 Å². The van der Waals surface area contributed by atoms with E-state index in [1.165, 1.54) is 6.07 Å². The molecule has 0 aliphatic rings. The molecule has 0 aliphatic heterocycles. The Hall–Kier alpha value is -1.73. The summed E-state index contributed by atoms with van der Waals surface area (Å²) in [6.45, 7) is 4.64. The quantitative estimate of drug-likeness (QED) is 0.413. The van der Waals surface area contributed by atoms with E-state index >= 15 is 0 Å². The van der Waals surface area contributed by atoms with Crippen LogP contribution >= 0.6 is 0 Å². The first-order chi connectivity index (χ1) is 9.08. The summed E-state index contributed by atoms with van der Waals surface area (Å²) in [4.78, 5) is 9.66. The third-order valence-corrected chi connectivity index (χ3v) is 2.21. The van der Waals surface area contributed by atoms with Crippen LogP contribution in [0.4, 0.5) is 10.1 Å². The minimum absolute atomic E-state index is 0.0823. The third-order valence-electron chi connectivity index (χ3n) is 2.21. The van der Waals surface area contributed by atoms with Gasteiger partial charge in [-0.05, 0) is 19.9 Å². The molecule has 6 nitrogen and oxygen atoms in total. The molecule has 0 saturated heterocycles. The van der Waals surface area contributed by atoms with E-state index in [4.69, 9.17) is 14.2 Å². The van der Waals surface area contributed by atoms with Gasteiger partial charge in [0.2, 0.25) is 5.82 Å². The van der Waals surface area contributed by atoms with Gasteiger partial charge in [-0.15, -0.1) is 0 Å². The van der Waals surface area contributed by atoms with Crippen molar-refractivity contribution in [1.82, 2.24) is 0 Å². The van der Waals surface area contributed by atoms with Crippen molar-refractivity contribution >= 4 is 5.69 Å². The third kappa shape index (κ3) is 4.80. The normalized spacial score (nSPS) is 10.7. The molecule has 0 fully saturated rings. The highest BCUT2D eigenvalue weighted by Gasteiger charge is 2.15. The predicted molar refractivity (Wildman–Crippen MR) is 65.6 cm³/mol. The predicted octanol–water partition coefficient (Wildman–Crippen LogP) is 2.51. The minimum atomic E-state index is -0.938. The van der Waals surface area contributed by atoms with Gasteiger partial charge in [0.1, 0.15) is 12.4 Å². The molecule has 0 N–H and O–H groups in total. The van der Waals surface area contributed by atoms with E-state index in [1.807, 2.05) is 13.8 Å². The maximum absolute atomic E-state index is 13.3. The average Bonchev–Trinajstić information content (AvgIpc) is 2.36. The smallest absolute Gasteiger partial charge is 0.305 e. The number of nitrogens with zero attached hydrogens (tertiary/aromatic N) is 1. The molecule has 0 amide bonds. The van der Waals surface area contributed by atoms with Gasteiger partial charge in [-0.3, -0.25) is 10.1 Å². The van der Waals surface area contributed by atoms with E-state index in [1.54, 1.807) is 0 Å². The van der Waals surface area contributed by atoms with Crippen molar-refractivity contribution in [3.8, 4) is 5.75 Å². The van der Waals surface area contributed by atoms with E-state index in [9.17, 15) is 14.5 Å². The van der Waals surface area contributed by atoms with Gasteiger partial charge in [-0.25, -0.2) is 0 Å². The summed E-state index contributed by atoms with van der Waals surface area (Å²) in [6, 6.07) is 3.35. The summed E-state index contributed by atoms with van der Waals surface area (Å²) in [5.41, 5.74) is -0.585. The first-order valence-electron chi connectivity index (χ1n) is 5.88. The van der Waals surface area contributed by atoms with Gasteiger partial charge in [0.25, 0.3) is 0 Å². The standard InChI is InChI=1S/C12H16FNO5/c1-3-17-12(18-4-2)8-19-9-5-6-11(14(15)16)10(13)7-9/h5-7,12H,3-4,8H2,1-2H3. The fourth-order valence-electron chi connectivity index (χ4n) is 1.41. The van der Waals surface area contributed by atoms with Gasteiger partial charge in [-0.1, -0.05) is 0 Å². The Labute approximate surface area is 110 Å². The Morgan fingerprint density at radius 3 is 2.42 bits per heavy atom. The van der Waals surface area contributed by atoms with Crippen LogP contribution in [0.3, 0.4) is 0 Å². The molecule has 0 spiro atoms. The number of hydrogen-bond donors (Lipinski definition) is 0. The maximum atomic E-state index is 13.3. The maximum Gasteiger partial charge on any atom is 0.305 e. The molecular formula is C12H16FNO5. The van der Waals surface area contributed by atoms with Crippen molar-refractivity contribution in [2.45, 2.75) is 20.1 Å². The number of benzene rings is 1. The second kappa shape index (κ2) is 7.65. The van der Waals surface area contributed by atoms with Crippen LogP contribution in [0.2, 0.25) is 0 Å². The Morgan fingerprint density at radius 2 is 1.95 bits per heavy atom. The zero-order valence-corrected chi connectivity index (χ0v) is 10.8. The molecule has 0 saturated carbocycles. The lowest BCUT2D eigenvalue weighted by Crippen LogP contribution is -2.25. The Morgan fingerprint density at radius 1 is 1.32 bits per heavy atom. The monoisotopic (exact) mass is 273 g/mol. The minimum Gasteiger partial charge on any atom is -0.488 e. The van der Waals surface area contributed by atoms with E-state index in [0.717, 1.165) is 12.1 Å². The first kappa shape index (κ1) is 15.3. The molecule has 106 valence electrons. The molecule has 0 bridgehead atoms. The highest BCUT2D eigenvalue weighted by Crippen LogP contribution is 2.22. The van der Waals surface area contributed by atoms with Gasteiger partial charge < -0.3 is 14.2 Å². The van der Waals surface area contributed by atoms with Crippen molar-refractivity contribution in [2.75, 3.05) is 19.8 Å². The van der Waals surface area contributed by atoms with Crippen molar-refractivity contribution in [1.29, 1.82) is 0 Å². The SMILES string of the molecule is CCOC(COc1ccc([N+](=O)[O-])c(F)c1)OCC. The molecule has 0 aliphatic carbocycles. The van der Waals surface area contributed by atoms with Gasteiger partial charge in [0, 0.05) is 25.3 Å². The highest BCUT2D eigenvalue weighted by molar-refractivity contribution is 5.37. The van der Waals surface area contributed by atoms with Crippen LogP contribution in [0, 0.1) is 15.9 Å². The molecule has 0 atom stereocenters. The molecule has 0 radical (unpaired) electrons. The molecule has 0 aromatic heterocycles. The number of hydrogen-bond acceptors (Lipinski definition) is 5. The zero-order valence-electron chi connectivity index (χ0n) is 10.8. The van der Waals surface area contributed by atoms with E-state index in [0.29, 0.717) is 13.2 Å². The Bertz CT molecular complexity index is 421. The summed E-state index contributed by atoms with van der Waals surface area (Å²) in [7, 11) is 0. The fourth-order valence-corrected chi connectivity index (χ4v) is 1.41. The van der Waals surface area contributed by atoms with Crippen molar-refractivity contribution in [2.24, 2.45) is 0 Å². The molecule has 1 rings (SSSR count). The van der Waals surface area contributed by atoms with Crippen LogP contribution in [0.25, 0.3) is 0 Å². The van der Waals surface area contributed by atoms with Crippen molar-refractivity contribution in [3.63, 3.8) is 0 Å². The van der Waals surface area contributed by atoms with Crippen LogP contribution in [0.1, 0.15) is 13.8 Å². The summed E-state index contributed by atoms with van der Waals surface area (Å²) in [5.74, 6) is -0.751. The number of ether oxygens (including phenoxy) is 3. The number of halogens is 1. The lowest BCUT2D eigenvalue weighted by molar-refractivity contribution is -0.387. The van der Waals surface area contributed by atoms with Crippen LogP contribution in [0.15, 0.2) is 18.2 Å². The van der Waals surface area contributed by atoms with E-state index < -0.39 is 22.7 Å². The molecule has 1 aromatic carbocycles. The number of rotatable bonds is 8. The van der Waals surface area contributed by atoms with Crippen molar-refractivity contribution < 1.29 is 23.5 Å². The van der Waals surface area contributed by atoms with E-state index in [-0.39, 0.29) is 12.4 Å². The second-order valence-electron chi connectivity index (χ2n) is 3.52. The zero-order chi connectivity index (χ0) is 14.3. The lowest BCUT2D eigenvalue weighted by atomic mass is 10.3. The first-order valence-corrected chi connectivity index (χ1v) is 5.88. The molecular weight excluding hydrogens is 257 g/mol. The van der Waals surface area contributed by atoms with Gasteiger partial charge >= 0.3 is 5.69 Å². The largest absolute Gasteiger partial charge is 0.488 e. The summed E-state index contributed by atoms with van der Waals surface area (Å²) in [5, 5.41) is 10.5. The molecule has 0 unspecified atom stereocenters. The van der Waals surface area contributed by atoms with E-state index in [2.05, 4.69) is 0 Å². The van der Waals surface area contributed by atoms with Gasteiger partial charge in [0.05, 0.1) is 4.92 Å². The highest BCUT2D eigenvalue weighted by atomic mass is 19.1. The second-order valence-corrected chi connectivity index (χ2v) is 3.52. The summed E-state index contributed by atoms with van der Waals surface area (Å²) in [6.07, 6.45) is -0.548. The molecule has 7 heteroatoms. The Kier molecular flexibility index (Phi) is 6.17. The molecule has 1 aromatic rings. The van der Waals surface area contributed by atoms with Crippen LogP contribution in [-0.4, -0.2) is 31.0 Å². The molecule has 19 heavy (non-hydrogen) atoms. The number of nitro benzene ring substituents is 1. The van der Waals surface area contributed by atoms with Gasteiger partial charge in [0.15, 0.2) is 6.29 Å². The summed E-state index contributed by atoms with van der Waals surface area (Å²) < 4.78 is 29.1. The molecule has 0 heterocycles. The lowest BCUT2D eigenvalue weighted by Gasteiger charge is -2.17. The fraction of sp³-hybridized carbons (Fsp3) is 0.500. The summed E-state index contributed by atoms with van der Waals surface area (Å²) >= 11 is 0. The van der Waals surface area contributed by atoms with Crippen LogP contribution in [0.5, 0.6) is 5.75 Å².